The van der Waals surface area contributed by atoms with Gasteiger partial charge < -0.3 is 20.6 Å². The molecule has 0 aromatic heterocycles. The van der Waals surface area contributed by atoms with E-state index >= 15 is 0 Å². The predicted molar refractivity (Wildman–Crippen MR) is 83.9 cm³/mol. The Kier molecular flexibility index (Phi) is 5.12. The van der Waals surface area contributed by atoms with E-state index in [1.807, 2.05) is 0 Å². The first-order chi connectivity index (χ1) is 10.3. The largest absolute Gasteiger partial charge is 0.391 e. The molecule has 0 radical (unpaired) electrons. The van der Waals surface area contributed by atoms with E-state index in [1.165, 1.54) is 11.8 Å². The maximum atomic E-state index is 12.9. The van der Waals surface area contributed by atoms with Gasteiger partial charge in [-0.15, -0.1) is 0 Å². The molecule has 6 heteroatoms. The van der Waals surface area contributed by atoms with Gasteiger partial charge in [0, 0.05) is 19.6 Å². The average Bonchev–Trinajstić information content (AvgIpc) is 2.67. The van der Waals surface area contributed by atoms with Gasteiger partial charge in [-0.2, -0.15) is 0 Å². The highest BCUT2D eigenvalue weighted by Crippen LogP contribution is 2.41. The molecule has 2 saturated heterocycles. The van der Waals surface area contributed by atoms with Gasteiger partial charge in [-0.25, -0.2) is 0 Å². The first-order valence-corrected chi connectivity index (χ1v) is 8.27. The number of piperidine rings is 1. The lowest BCUT2D eigenvalue weighted by Crippen LogP contribution is -2.55. The summed E-state index contributed by atoms with van der Waals surface area (Å²) in [6.45, 7) is 9.16. The van der Waals surface area contributed by atoms with E-state index in [9.17, 15) is 14.7 Å². The van der Waals surface area contributed by atoms with E-state index in [1.54, 1.807) is 0 Å². The number of hydrogen-bond acceptors (Lipinski definition) is 4. The van der Waals surface area contributed by atoms with Crippen LogP contribution in [0, 0.1) is 11.3 Å². The molecule has 1 unspecified atom stereocenters. The molecule has 2 rings (SSSR count). The Bertz CT molecular complexity index is 438. The van der Waals surface area contributed by atoms with Gasteiger partial charge >= 0.3 is 0 Å². The number of aliphatic hydroxyl groups excluding tert-OH is 1. The van der Waals surface area contributed by atoms with Crippen molar-refractivity contribution in [2.45, 2.75) is 52.2 Å². The van der Waals surface area contributed by atoms with Crippen LogP contribution >= 0.6 is 0 Å². The highest BCUT2D eigenvalue weighted by molar-refractivity contribution is 5.91. The van der Waals surface area contributed by atoms with Gasteiger partial charge in [0.05, 0.1) is 11.5 Å². The molecule has 22 heavy (non-hydrogen) atoms. The average molecular weight is 311 g/mol. The number of nitrogens with two attached hydrogens (primary N) is 1. The number of amides is 2. The van der Waals surface area contributed by atoms with Crippen LogP contribution in [0.25, 0.3) is 0 Å². The molecule has 2 heterocycles. The Hall–Kier alpha value is -1.14. The monoisotopic (exact) mass is 311 g/mol. The quantitative estimate of drug-likeness (QED) is 0.759. The highest BCUT2D eigenvalue weighted by Gasteiger charge is 2.51. The minimum absolute atomic E-state index is 0.00865. The maximum absolute atomic E-state index is 12.9. The molecule has 0 saturated carbocycles. The van der Waals surface area contributed by atoms with E-state index in [-0.39, 0.29) is 5.91 Å². The summed E-state index contributed by atoms with van der Waals surface area (Å²) in [6, 6.07) is -0.910. The molecule has 0 bridgehead atoms. The summed E-state index contributed by atoms with van der Waals surface area (Å²) in [7, 11) is 0. The molecule has 2 fully saturated rings. The lowest BCUT2D eigenvalue weighted by atomic mass is 9.78. The number of nitrogens with zero attached hydrogens (tertiary/aromatic N) is 2. The molecular weight excluding hydrogens is 282 g/mol. The molecule has 2 amide bonds. The molecule has 0 aliphatic carbocycles. The van der Waals surface area contributed by atoms with Crippen molar-refractivity contribution in [1.29, 1.82) is 0 Å². The zero-order chi connectivity index (χ0) is 16.5. The van der Waals surface area contributed by atoms with Crippen LogP contribution in [0.3, 0.4) is 0 Å². The van der Waals surface area contributed by atoms with Crippen LogP contribution in [-0.4, -0.2) is 65.0 Å². The van der Waals surface area contributed by atoms with Crippen molar-refractivity contribution >= 4 is 11.8 Å². The Morgan fingerprint density at radius 1 is 1.32 bits per heavy atom. The lowest BCUT2D eigenvalue weighted by Gasteiger charge is -2.40. The molecule has 6 nitrogen and oxygen atoms in total. The van der Waals surface area contributed by atoms with Gasteiger partial charge in [-0.1, -0.05) is 13.8 Å². The highest BCUT2D eigenvalue weighted by atomic mass is 16.3. The van der Waals surface area contributed by atoms with Gasteiger partial charge in [0.1, 0.15) is 6.04 Å². The van der Waals surface area contributed by atoms with Gasteiger partial charge in [-0.3, -0.25) is 9.59 Å². The summed E-state index contributed by atoms with van der Waals surface area (Å²) < 4.78 is 0. The topological polar surface area (TPSA) is 86.9 Å². The van der Waals surface area contributed by atoms with Crippen molar-refractivity contribution in [3.05, 3.63) is 0 Å². The minimum Gasteiger partial charge on any atom is -0.391 e. The summed E-state index contributed by atoms with van der Waals surface area (Å²) >= 11 is 0. The van der Waals surface area contributed by atoms with Crippen molar-refractivity contribution < 1.29 is 14.7 Å². The normalized spacial score (nSPS) is 29.3. The van der Waals surface area contributed by atoms with Gasteiger partial charge in [0.25, 0.3) is 0 Å². The van der Waals surface area contributed by atoms with Crippen LogP contribution < -0.4 is 5.73 Å². The third-order valence-corrected chi connectivity index (χ3v) is 4.91. The van der Waals surface area contributed by atoms with Crippen molar-refractivity contribution in [3.8, 4) is 0 Å². The van der Waals surface area contributed by atoms with Crippen LogP contribution in [0.1, 0.15) is 40.0 Å². The van der Waals surface area contributed by atoms with Gasteiger partial charge in [0.2, 0.25) is 11.8 Å². The fourth-order valence-corrected chi connectivity index (χ4v) is 4.04. The van der Waals surface area contributed by atoms with Crippen LogP contribution in [-0.2, 0) is 9.59 Å². The Morgan fingerprint density at radius 2 is 2.00 bits per heavy atom. The second kappa shape index (κ2) is 6.54. The van der Waals surface area contributed by atoms with Crippen LogP contribution in [0.15, 0.2) is 0 Å². The summed E-state index contributed by atoms with van der Waals surface area (Å²) in [4.78, 5) is 28.4. The smallest absolute Gasteiger partial charge is 0.242 e. The molecule has 1 spiro atoms. The molecule has 0 aromatic carbocycles. The van der Waals surface area contributed by atoms with E-state index in [0.717, 1.165) is 38.9 Å². The minimum atomic E-state index is -0.938. The van der Waals surface area contributed by atoms with Crippen LogP contribution in [0.2, 0.25) is 0 Å². The molecule has 0 aromatic rings. The van der Waals surface area contributed by atoms with Crippen LogP contribution in [0.4, 0.5) is 0 Å². The Labute approximate surface area is 132 Å². The van der Waals surface area contributed by atoms with Crippen molar-refractivity contribution in [1.82, 2.24) is 9.80 Å². The predicted octanol–water partition coefficient (Wildman–Crippen LogP) is 0.192. The summed E-state index contributed by atoms with van der Waals surface area (Å²) in [5.74, 6) is -0.0699. The number of hydrogen-bond donors (Lipinski definition) is 2. The van der Waals surface area contributed by atoms with E-state index in [0.29, 0.717) is 12.5 Å². The first kappa shape index (κ1) is 17.2. The third-order valence-electron chi connectivity index (χ3n) is 4.91. The molecule has 2 aliphatic heterocycles. The molecule has 126 valence electrons. The number of primary amides is 1. The number of likely N-dealkylation sites (tertiary alicyclic amines) is 2. The number of carbonyl (C=O) groups excluding carboxylic acids is 2. The fraction of sp³-hybridized carbons (Fsp3) is 0.875. The zero-order valence-electron chi connectivity index (χ0n) is 13.9. The van der Waals surface area contributed by atoms with Crippen molar-refractivity contribution in [2.75, 3.05) is 26.2 Å². The van der Waals surface area contributed by atoms with Crippen molar-refractivity contribution in [2.24, 2.45) is 17.1 Å². The third kappa shape index (κ3) is 3.27. The van der Waals surface area contributed by atoms with Crippen molar-refractivity contribution in [3.63, 3.8) is 0 Å². The standard InChI is InChI=1S/C16H29N3O3/c1-11(2)9-18-7-4-5-16(10-18)6-8-19(15(16)22)13(12(3)20)14(17)21/h11-13,20H,4-10H2,1-3H3,(H2,17,21)/t12-,13+,16?/m1/s1. The van der Waals surface area contributed by atoms with Gasteiger partial charge in [0.15, 0.2) is 0 Å². The number of carbonyl (C=O) groups is 2. The summed E-state index contributed by atoms with van der Waals surface area (Å²) in [5.41, 5.74) is 4.99. The SMILES string of the molecule is CC(C)CN1CCCC2(CCN([C@H](C(N)=O)[C@@H](C)O)C2=O)C1. The number of aliphatic hydroxyl groups is 1. The first-order valence-electron chi connectivity index (χ1n) is 8.27. The maximum Gasteiger partial charge on any atom is 0.242 e. The zero-order valence-corrected chi connectivity index (χ0v) is 13.9. The molecular formula is C16H29N3O3. The van der Waals surface area contributed by atoms with E-state index in [4.69, 9.17) is 5.73 Å². The fourth-order valence-electron chi connectivity index (χ4n) is 4.04. The van der Waals surface area contributed by atoms with E-state index < -0.39 is 23.5 Å². The molecule has 3 atom stereocenters. The lowest BCUT2D eigenvalue weighted by molar-refractivity contribution is -0.147. The Morgan fingerprint density at radius 3 is 2.55 bits per heavy atom. The van der Waals surface area contributed by atoms with Crippen LogP contribution in [0.5, 0.6) is 0 Å². The second-order valence-electron chi connectivity index (χ2n) is 7.35. The van der Waals surface area contributed by atoms with Gasteiger partial charge in [-0.05, 0) is 38.6 Å². The molecule has 3 N–H and O–H groups in total. The molecule has 2 aliphatic rings. The number of rotatable bonds is 5. The van der Waals surface area contributed by atoms with E-state index in [2.05, 4.69) is 18.7 Å². The summed E-state index contributed by atoms with van der Waals surface area (Å²) in [6.07, 6.45) is 1.67. The summed E-state index contributed by atoms with van der Waals surface area (Å²) in [5, 5.41) is 9.81. The Balaban J connectivity index is 2.14. The second-order valence-corrected chi connectivity index (χ2v) is 7.35.